The van der Waals surface area contributed by atoms with E-state index in [-0.39, 0.29) is 0 Å². The largest absolute Gasteiger partial charge is 0.300 e. The number of carbonyl (C=O) groups excluding carboxylic acids is 1. The lowest BCUT2D eigenvalue weighted by molar-refractivity contribution is -0.118. The molecule has 0 heterocycles. The topological polar surface area (TPSA) is 17.1 Å². The molecular weight excluding hydrogens is 275 g/mol. The number of aryl methyl sites for hydroxylation is 1. The van der Waals surface area contributed by atoms with Crippen LogP contribution in [0.4, 0.5) is 0 Å². The summed E-state index contributed by atoms with van der Waals surface area (Å²) >= 11 is 9.42. The summed E-state index contributed by atoms with van der Waals surface area (Å²) in [7, 11) is 0. The number of hydrogen-bond donors (Lipinski definition) is 0. The summed E-state index contributed by atoms with van der Waals surface area (Å²) in [5.74, 6) is 0.322. The molecule has 0 spiro atoms. The van der Waals surface area contributed by atoms with Gasteiger partial charge >= 0.3 is 0 Å². The first-order valence-electron chi connectivity index (χ1n) is 5.09. The number of rotatable bonds is 5. The highest BCUT2D eigenvalue weighted by Gasteiger charge is 2.03. The molecule has 15 heavy (non-hydrogen) atoms. The van der Waals surface area contributed by atoms with Gasteiger partial charge in [-0.2, -0.15) is 0 Å². The van der Waals surface area contributed by atoms with Crippen molar-refractivity contribution >= 4 is 33.3 Å². The third kappa shape index (κ3) is 4.35. The fourth-order valence-corrected chi connectivity index (χ4v) is 2.15. The Hall–Kier alpha value is -0.340. The number of ketones is 1. The zero-order valence-corrected chi connectivity index (χ0v) is 11.1. The molecule has 0 amide bonds. The Morgan fingerprint density at radius 2 is 2.20 bits per heavy atom. The lowest BCUT2D eigenvalue weighted by Gasteiger charge is -2.04. The van der Waals surface area contributed by atoms with E-state index in [0.29, 0.717) is 18.6 Å². The predicted molar refractivity (Wildman–Crippen MR) is 67.4 cm³/mol. The van der Waals surface area contributed by atoms with E-state index in [1.807, 2.05) is 25.1 Å². The van der Waals surface area contributed by atoms with Gasteiger partial charge < -0.3 is 0 Å². The van der Waals surface area contributed by atoms with E-state index in [4.69, 9.17) is 11.6 Å². The molecule has 0 aliphatic heterocycles. The van der Waals surface area contributed by atoms with Crippen molar-refractivity contribution in [1.29, 1.82) is 0 Å². The van der Waals surface area contributed by atoms with Gasteiger partial charge in [-0.25, -0.2) is 0 Å². The van der Waals surface area contributed by atoms with Gasteiger partial charge in [0.1, 0.15) is 5.78 Å². The van der Waals surface area contributed by atoms with Crippen molar-refractivity contribution in [2.45, 2.75) is 32.6 Å². The smallest absolute Gasteiger partial charge is 0.132 e. The normalized spacial score (nSPS) is 10.3. The minimum atomic E-state index is 0.322. The SMILES string of the molecule is CCC(=O)CCCc1ccc(Br)cc1Cl. The zero-order chi connectivity index (χ0) is 11.3. The molecule has 0 bridgehead atoms. The van der Waals surface area contributed by atoms with E-state index in [2.05, 4.69) is 15.9 Å². The summed E-state index contributed by atoms with van der Waals surface area (Å²) in [6.07, 6.45) is 3.04. The van der Waals surface area contributed by atoms with Gasteiger partial charge in [-0.05, 0) is 30.5 Å². The molecule has 0 saturated carbocycles. The highest BCUT2D eigenvalue weighted by molar-refractivity contribution is 9.10. The standard InChI is InChI=1S/C12H14BrClO/c1-2-11(15)5-3-4-9-6-7-10(13)8-12(9)14/h6-8H,2-5H2,1H3. The van der Waals surface area contributed by atoms with Crippen molar-refractivity contribution < 1.29 is 4.79 Å². The molecule has 1 aromatic rings. The van der Waals surface area contributed by atoms with Gasteiger partial charge in [0.05, 0.1) is 0 Å². The molecule has 0 fully saturated rings. The van der Waals surface area contributed by atoms with Crippen LogP contribution in [0.2, 0.25) is 5.02 Å². The maximum absolute atomic E-state index is 11.1. The summed E-state index contributed by atoms with van der Waals surface area (Å²) in [5.41, 5.74) is 1.11. The number of Topliss-reactive ketones (excluding diaryl/α,β-unsaturated/α-hetero) is 1. The average Bonchev–Trinajstić information content (AvgIpc) is 2.21. The van der Waals surface area contributed by atoms with Crippen LogP contribution >= 0.6 is 27.5 Å². The molecule has 0 aliphatic rings. The minimum Gasteiger partial charge on any atom is -0.300 e. The highest BCUT2D eigenvalue weighted by atomic mass is 79.9. The summed E-state index contributed by atoms with van der Waals surface area (Å²) in [6, 6.07) is 5.87. The minimum absolute atomic E-state index is 0.322. The fraction of sp³-hybridized carbons (Fsp3) is 0.417. The number of carbonyl (C=O) groups is 1. The van der Waals surface area contributed by atoms with E-state index < -0.39 is 0 Å². The van der Waals surface area contributed by atoms with Crippen LogP contribution in [-0.4, -0.2) is 5.78 Å². The van der Waals surface area contributed by atoms with Crippen molar-refractivity contribution in [3.63, 3.8) is 0 Å². The molecule has 0 saturated heterocycles. The van der Waals surface area contributed by atoms with Gasteiger partial charge in [-0.15, -0.1) is 0 Å². The van der Waals surface area contributed by atoms with Crippen LogP contribution < -0.4 is 0 Å². The molecule has 3 heteroatoms. The Kier molecular flexibility index (Phi) is 5.34. The van der Waals surface area contributed by atoms with E-state index in [9.17, 15) is 4.79 Å². The Balaban J connectivity index is 2.47. The van der Waals surface area contributed by atoms with Crippen molar-refractivity contribution in [1.82, 2.24) is 0 Å². The molecular formula is C12H14BrClO. The van der Waals surface area contributed by atoms with Gasteiger partial charge in [0, 0.05) is 22.3 Å². The molecule has 1 nitrogen and oxygen atoms in total. The van der Waals surface area contributed by atoms with Gasteiger partial charge in [-0.1, -0.05) is 40.5 Å². The number of halogens is 2. The first-order chi connectivity index (χ1) is 7.13. The van der Waals surface area contributed by atoms with Crippen LogP contribution in [0.3, 0.4) is 0 Å². The zero-order valence-electron chi connectivity index (χ0n) is 8.72. The van der Waals surface area contributed by atoms with Crippen molar-refractivity contribution in [2.24, 2.45) is 0 Å². The van der Waals surface area contributed by atoms with E-state index in [1.165, 1.54) is 0 Å². The molecule has 0 aliphatic carbocycles. The van der Waals surface area contributed by atoms with Gasteiger partial charge in [0.25, 0.3) is 0 Å². The molecule has 0 unspecified atom stereocenters. The van der Waals surface area contributed by atoms with E-state index in [1.54, 1.807) is 0 Å². The highest BCUT2D eigenvalue weighted by Crippen LogP contribution is 2.22. The van der Waals surface area contributed by atoms with Gasteiger partial charge in [0.15, 0.2) is 0 Å². The number of benzene rings is 1. The summed E-state index contributed by atoms with van der Waals surface area (Å²) in [5, 5.41) is 0.772. The Morgan fingerprint density at radius 1 is 1.47 bits per heavy atom. The van der Waals surface area contributed by atoms with Crippen LogP contribution in [-0.2, 0) is 11.2 Å². The van der Waals surface area contributed by atoms with Crippen molar-refractivity contribution in [2.75, 3.05) is 0 Å². The molecule has 0 radical (unpaired) electrons. The molecule has 0 aromatic heterocycles. The van der Waals surface area contributed by atoms with Crippen molar-refractivity contribution in [3.8, 4) is 0 Å². The van der Waals surface area contributed by atoms with E-state index >= 15 is 0 Å². The van der Waals surface area contributed by atoms with Crippen LogP contribution in [0.1, 0.15) is 31.7 Å². The lowest BCUT2D eigenvalue weighted by Crippen LogP contribution is -1.96. The first-order valence-corrected chi connectivity index (χ1v) is 6.26. The van der Waals surface area contributed by atoms with Crippen LogP contribution in [0.15, 0.2) is 22.7 Å². The summed E-state index contributed by atoms with van der Waals surface area (Å²) < 4.78 is 0.987. The molecule has 1 rings (SSSR count). The Labute approximate surface area is 104 Å². The lowest BCUT2D eigenvalue weighted by atomic mass is 10.1. The third-order valence-corrected chi connectivity index (χ3v) is 3.16. The van der Waals surface area contributed by atoms with Gasteiger partial charge in [0.2, 0.25) is 0 Å². The second kappa shape index (κ2) is 6.29. The first kappa shape index (κ1) is 12.7. The van der Waals surface area contributed by atoms with Crippen LogP contribution in [0.25, 0.3) is 0 Å². The number of hydrogen-bond acceptors (Lipinski definition) is 1. The Bertz CT molecular complexity index is 349. The second-order valence-electron chi connectivity index (χ2n) is 3.48. The fourth-order valence-electron chi connectivity index (χ4n) is 1.38. The Morgan fingerprint density at radius 3 is 2.80 bits per heavy atom. The maximum Gasteiger partial charge on any atom is 0.132 e. The second-order valence-corrected chi connectivity index (χ2v) is 4.80. The molecule has 1 aromatic carbocycles. The van der Waals surface area contributed by atoms with Crippen LogP contribution in [0, 0.1) is 0 Å². The average molecular weight is 290 g/mol. The summed E-state index contributed by atoms with van der Waals surface area (Å²) in [6.45, 7) is 1.90. The quantitative estimate of drug-likeness (QED) is 0.785. The molecule has 82 valence electrons. The van der Waals surface area contributed by atoms with Crippen LogP contribution in [0.5, 0.6) is 0 Å². The summed E-state index contributed by atoms with van der Waals surface area (Å²) in [4.78, 5) is 11.1. The van der Waals surface area contributed by atoms with E-state index in [0.717, 1.165) is 27.9 Å². The molecule has 0 N–H and O–H groups in total. The maximum atomic E-state index is 11.1. The monoisotopic (exact) mass is 288 g/mol. The predicted octanol–water partition coefficient (Wildman–Crippen LogP) is 4.40. The van der Waals surface area contributed by atoms with Gasteiger partial charge in [-0.3, -0.25) is 4.79 Å². The van der Waals surface area contributed by atoms with Crippen molar-refractivity contribution in [3.05, 3.63) is 33.3 Å². The molecule has 0 atom stereocenters. The third-order valence-electron chi connectivity index (χ3n) is 2.31.